The summed E-state index contributed by atoms with van der Waals surface area (Å²) in [6.07, 6.45) is 6.84. The van der Waals surface area contributed by atoms with Crippen LogP contribution in [0.4, 0.5) is 5.69 Å². The summed E-state index contributed by atoms with van der Waals surface area (Å²) >= 11 is 12.6. The predicted molar refractivity (Wildman–Crippen MR) is 122 cm³/mol. The maximum Gasteiger partial charge on any atom is 0.252 e. The maximum atomic E-state index is 12.0. The number of carbonyl (C=O) groups is 1. The Morgan fingerprint density at radius 1 is 1.20 bits per heavy atom. The number of nitrogens with one attached hydrogen (secondary N) is 1. The number of hydrogen-bond donors (Lipinski definition) is 2. The second-order valence-electron chi connectivity index (χ2n) is 9.43. The highest BCUT2D eigenvalue weighted by molar-refractivity contribution is 6.43. The van der Waals surface area contributed by atoms with Crippen molar-refractivity contribution in [3.63, 3.8) is 0 Å². The van der Waals surface area contributed by atoms with Crippen LogP contribution in [-0.2, 0) is 4.79 Å². The number of aliphatic hydroxyl groups is 1. The molecule has 1 unspecified atom stereocenters. The van der Waals surface area contributed by atoms with Gasteiger partial charge in [0.1, 0.15) is 5.60 Å². The third-order valence-electron chi connectivity index (χ3n) is 7.13. The first-order valence-corrected chi connectivity index (χ1v) is 12.1. The van der Waals surface area contributed by atoms with Gasteiger partial charge in [0.25, 0.3) is 5.91 Å². The van der Waals surface area contributed by atoms with Gasteiger partial charge >= 0.3 is 0 Å². The molecule has 2 N–H and O–H groups in total. The Balaban J connectivity index is 1.19. The lowest BCUT2D eigenvalue weighted by molar-refractivity contribution is -0.132. The van der Waals surface area contributed by atoms with E-state index in [0.717, 1.165) is 63.5 Å². The number of nitrogens with zero attached hydrogens (tertiary/aromatic N) is 2. The monoisotopic (exact) mass is 453 g/mol. The quantitative estimate of drug-likeness (QED) is 0.680. The Kier molecular flexibility index (Phi) is 6.83. The van der Waals surface area contributed by atoms with Crippen molar-refractivity contribution in [1.82, 2.24) is 10.2 Å². The summed E-state index contributed by atoms with van der Waals surface area (Å²) in [7, 11) is 0. The Bertz CT molecular complexity index is 763. The molecule has 3 aliphatic rings. The molecule has 0 radical (unpaired) electrons. The predicted octanol–water partition coefficient (Wildman–Crippen LogP) is 4.09. The summed E-state index contributed by atoms with van der Waals surface area (Å²) in [5, 5.41) is 14.2. The molecular formula is C23H33Cl2N3O2. The van der Waals surface area contributed by atoms with Crippen molar-refractivity contribution in [3.8, 4) is 0 Å². The molecule has 3 fully saturated rings. The van der Waals surface area contributed by atoms with Crippen LogP contribution in [0.15, 0.2) is 18.2 Å². The van der Waals surface area contributed by atoms with Gasteiger partial charge in [-0.05, 0) is 76.5 Å². The van der Waals surface area contributed by atoms with Crippen LogP contribution in [0, 0.1) is 5.92 Å². The molecule has 1 heterocycles. The van der Waals surface area contributed by atoms with Gasteiger partial charge in [0.15, 0.2) is 0 Å². The topological polar surface area (TPSA) is 55.8 Å². The van der Waals surface area contributed by atoms with Crippen LogP contribution in [-0.4, -0.2) is 59.8 Å². The number of amides is 1. The molecule has 1 aromatic carbocycles. The van der Waals surface area contributed by atoms with Gasteiger partial charge in [-0.25, -0.2) is 0 Å². The van der Waals surface area contributed by atoms with E-state index in [2.05, 4.69) is 28.1 Å². The highest BCUT2D eigenvalue weighted by Gasteiger charge is 2.48. The van der Waals surface area contributed by atoms with Crippen LogP contribution in [0.2, 0.25) is 10.0 Å². The van der Waals surface area contributed by atoms with Gasteiger partial charge in [-0.15, -0.1) is 0 Å². The van der Waals surface area contributed by atoms with Gasteiger partial charge < -0.3 is 15.3 Å². The summed E-state index contributed by atoms with van der Waals surface area (Å²) in [5.74, 6) is 0.579. The molecule has 0 aromatic heterocycles. The molecule has 2 aliphatic carbocycles. The molecule has 166 valence electrons. The molecule has 0 spiro atoms. The minimum absolute atomic E-state index is 0.155. The molecule has 4 rings (SSSR count). The van der Waals surface area contributed by atoms with Crippen molar-refractivity contribution in [2.24, 2.45) is 5.92 Å². The summed E-state index contributed by atoms with van der Waals surface area (Å²) < 4.78 is 0. The normalized spacial score (nSPS) is 28.9. The van der Waals surface area contributed by atoms with Crippen molar-refractivity contribution in [3.05, 3.63) is 28.2 Å². The van der Waals surface area contributed by atoms with E-state index in [0.29, 0.717) is 28.9 Å². The number of hydrogen-bond acceptors (Lipinski definition) is 4. The van der Waals surface area contributed by atoms with Gasteiger partial charge in [-0.1, -0.05) is 29.3 Å². The second-order valence-corrected chi connectivity index (χ2v) is 10.2. The number of piperazine rings is 1. The third kappa shape index (κ3) is 5.07. The average Bonchev–Trinajstić information content (AvgIpc) is 3.49. The van der Waals surface area contributed by atoms with Crippen LogP contribution in [0.1, 0.15) is 51.9 Å². The van der Waals surface area contributed by atoms with Crippen LogP contribution in [0.3, 0.4) is 0 Å². The first-order chi connectivity index (χ1) is 14.4. The fourth-order valence-corrected chi connectivity index (χ4v) is 5.34. The van der Waals surface area contributed by atoms with Crippen molar-refractivity contribution in [1.29, 1.82) is 0 Å². The minimum atomic E-state index is -1.05. The smallest absolute Gasteiger partial charge is 0.252 e. The molecule has 2 saturated carbocycles. The van der Waals surface area contributed by atoms with Crippen LogP contribution >= 0.6 is 23.2 Å². The Labute approximate surface area is 189 Å². The number of rotatable bonds is 6. The zero-order valence-corrected chi connectivity index (χ0v) is 19.3. The van der Waals surface area contributed by atoms with Crippen molar-refractivity contribution in [2.75, 3.05) is 31.1 Å². The van der Waals surface area contributed by atoms with E-state index in [4.69, 9.17) is 23.2 Å². The Hall–Kier alpha value is -1.01. The molecule has 1 atom stereocenters. The summed E-state index contributed by atoms with van der Waals surface area (Å²) in [6.45, 7) is 6.42. The zero-order chi connectivity index (χ0) is 21.3. The molecule has 1 aliphatic heterocycles. The largest absolute Gasteiger partial charge is 0.380 e. The minimum Gasteiger partial charge on any atom is -0.380 e. The molecule has 1 saturated heterocycles. The van der Waals surface area contributed by atoms with Gasteiger partial charge in [-0.3, -0.25) is 9.69 Å². The van der Waals surface area contributed by atoms with E-state index in [9.17, 15) is 9.90 Å². The number of benzene rings is 1. The van der Waals surface area contributed by atoms with Crippen LogP contribution < -0.4 is 10.2 Å². The first-order valence-electron chi connectivity index (χ1n) is 11.3. The lowest BCUT2D eigenvalue weighted by Gasteiger charge is -2.42. The number of halogens is 2. The van der Waals surface area contributed by atoms with Gasteiger partial charge in [-0.2, -0.15) is 0 Å². The molecule has 0 bridgehead atoms. The summed E-state index contributed by atoms with van der Waals surface area (Å²) in [5.41, 5.74) is -0.0158. The molecule has 1 amide bonds. The third-order valence-corrected chi connectivity index (χ3v) is 7.94. The van der Waals surface area contributed by atoms with Gasteiger partial charge in [0, 0.05) is 31.7 Å². The fraction of sp³-hybridized carbons (Fsp3) is 0.696. The molecular weight excluding hydrogens is 421 g/mol. The van der Waals surface area contributed by atoms with E-state index < -0.39 is 5.60 Å². The number of carbonyl (C=O) groups excluding carboxylic acids is 1. The van der Waals surface area contributed by atoms with Crippen LogP contribution in [0.5, 0.6) is 0 Å². The molecule has 30 heavy (non-hydrogen) atoms. The van der Waals surface area contributed by atoms with E-state index in [1.807, 2.05) is 12.1 Å². The van der Waals surface area contributed by atoms with Crippen LogP contribution in [0.25, 0.3) is 0 Å². The van der Waals surface area contributed by atoms with E-state index in [1.165, 1.54) is 6.42 Å². The average molecular weight is 454 g/mol. The lowest BCUT2D eigenvalue weighted by Crippen LogP contribution is -2.52. The standard InChI is InChI=1S/C23H33Cl2N3O2/c1-16-15-27(13-14-28(16)20-4-2-3-19(24)21(20)25)12-9-17-5-7-18(8-6-17)26-22(29)23(30)10-11-23/h2-4,16-18,30H,5-15H2,1H3,(H,26,29). The Morgan fingerprint density at radius 2 is 1.93 bits per heavy atom. The SMILES string of the molecule is CC1CN(CCC2CCC(NC(=O)C3(O)CC3)CC2)CCN1c1cccc(Cl)c1Cl. The fourth-order valence-electron chi connectivity index (χ4n) is 4.93. The highest BCUT2D eigenvalue weighted by atomic mass is 35.5. The van der Waals surface area contributed by atoms with Crippen molar-refractivity contribution in [2.45, 2.75) is 69.6 Å². The maximum absolute atomic E-state index is 12.0. The van der Waals surface area contributed by atoms with E-state index in [-0.39, 0.29) is 11.9 Å². The Morgan fingerprint density at radius 3 is 2.60 bits per heavy atom. The summed E-state index contributed by atoms with van der Waals surface area (Å²) in [6, 6.07) is 6.49. The molecule has 7 heteroatoms. The van der Waals surface area contributed by atoms with Gasteiger partial charge in [0.05, 0.1) is 15.7 Å². The van der Waals surface area contributed by atoms with E-state index >= 15 is 0 Å². The van der Waals surface area contributed by atoms with Crippen molar-refractivity contribution < 1.29 is 9.90 Å². The second kappa shape index (κ2) is 9.23. The first kappa shape index (κ1) is 22.2. The highest BCUT2D eigenvalue weighted by Crippen LogP contribution is 2.36. The van der Waals surface area contributed by atoms with Gasteiger partial charge in [0.2, 0.25) is 0 Å². The van der Waals surface area contributed by atoms with Crippen molar-refractivity contribution >= 4 is 34.8 Å². The number of anilines is 1. The summed E-state index contributed by atoms with van der Waals surface area (Å²) in [4.78, 5) is 17.0. The lowest BCUT2D eigenvalue weighted by atomic mass is 9.84. The molecule has 5 nitrogen and oxygen atoms in total. The molecule has 1 aromatic rings. The zero-order valence-electron chi connectivity index (χ0n) is 17.7. The van der Waals surface area contributed by atoms with E-state index in [1.54, 1.807) is 0 Å².